The first-order valence-corrected chi connectivity index (χ1v) is 8.75. The Balaban J connectivity index is 2.09. The molecule has 0 amide bonds. The van der Waals surface area contributed by atoms with E-state index >= 15 is 0 Å². The predicted molar refractivity (Wildman–Crippen MR) is 95.6 cm³/mol. The van der Waals surface area contributed by atoms with Crippen LogP contribution in [0.15, 0.2) is 18.2 Å². The Bertz CT molecular complexity index is 673. The van der Waals surface area contributed by atoms with Gasteiger partial charge in [0.25, 0.3) is 0 Å². The Labute approximate surface area is 136 Å². The lowest BCUT2D eigenvalue weighted by atomic mass is 10.0. The lowest BCUT2D eigenvalue weighted by molar-refractivity contribution is 0.831. The summed E-state index contributed by atoms with van der Waals surface area (Å²) >= 11 is 1.98. The zero-order valence-corrected chi connectivity index (χ0v) is 14.2. The number of nitrogens with zero attached hydrogens (tertiary/aromatic N) is 3. The van der Waals surface area contributed by atoms with E-state index in [1.165, 1.54) is 11.1 Å². The summed E-state index contributed by atoms with van der Waals surface area (Å²) in [6.07, 6.45) is 0. The van der Waals surface area contributed by atoms with Gasteiger partial charge in [0.2, 0.25) is 0 Å². The number of nitrogens with two attached hydrogens (primary N) is 1. The number of anilines is 2. The third-order valence-corrected chi connectivity index (χ3v) is 4.79. The number of hydrogen-bond acceptors (Lipinski definition) is 5. The van der Waals surface area contributed by atoms with Crippen LogP contribution in [0.4, 0.5) is 11.5 Å². The fourth-order valence-corrected chi connectivity index (χ4v) is 3.82. The van der Waals surface area contributed by atoms with Crippen LogP contribution in [0, 0.1) is 20.8 Å². The summed E-state index contributed by atoms with van der Waals surface area (Å²) in [6, 6.07) is 6.44. The second-order valence-corrected chi connectivity index (χ2v) is 7.06. The van der Waals surface area contributed by atoms with Gasteiger partial charge in [-0.2, -0.15) is 11.8 Å². The molecule has 1 aromatic carbocycles. The number of rotatable bonds is 2. The highest BCUT2D eigenvalue weighted by atomic mass is 32.2. The molecular weight excluding hydrogens is 292 g/mol. The summed E-state index contributed by atoms with van der Waals surface area (Å²) in [6.45, 7) is 8.13. The first-order valence-electron chi connectivity index (χ1n) is 7.60. The molecule has 2 heterocycles. The average Bonchev–Trinajstić information content (AvgIpc) is 2.49. The van der Waals surface area contributed by atoms with Gasteiger partial charge in [0.1, 0.15) is 11.5 Å². The maximum absolute atomic E-state index is 6.44. The van der Waals surface area contributed by atoms with E-state index in [1.807, 2.05) is 18.7 Å². The van der Waals surface area contributed by atoms with E-state index in [4.69, 9.17) is 5.73 Å². The molecule has 1 aliphatic heterocycles. The second kappa shape index (κ2) is 6.16. The van der Waals surface area contributed by atoms with E-state index in [1.54, 1.807) is 0 Å². The van der Waals surface area contributed by atoms with Crippen LogP contribution in [0.2, 0.25) is 0 Å². The van der Waals surface area contributed by atoms with Crippen molar-refractivity contribution in [1.82, 2.24) is 9.97 Å². The Kier molecular flexibility index (Phi) is 4.25. The van der Waals surface area contributed by atoms with Gasteiger partial charge in [-0.15, -0.1) is 0 Å². The fraction of sp³-hybridized carbons (Fsp3) is 0.412. The highest BCUT2D eigenvalue weighted by Gasteiger charge is 2.19. The van der Waals surface area contributed by atoms with Crippen LogP contribution in [-0.2, 0) is 0 Å². The van der Waals surface area contributed by atoms with Gasteiger partial charge in [0.15, 0.2) is 5.82 Å². The van der Waals surface area contributed by atoms with Gasteiger partial charge < -0.3 is 10.6 Å². The SMILES string of the molecule is Cc1cc(C)cc(-c2nc(C)nc(N3CCSCC3)c2N)c1. The normalized spacial score (nSPS) is 15.1. The van der Waals surface area contributed by atoms with Crippen molar-refractivity contribution in [2.75, 3.05) is 35.2 Å². The molecule has 1 aliphatic rings. The standard InChI is InChI=1S/C17H22N4S/c1-11-8-12(2)10-14(9-11)16-15(18)17(20-13(3)19-16)21-4-6-22-7-5-21/h8-10H,4-7,18H2,1-3H3. The fourth-order valence-electron chi connectivity index (χ4n) is 2.91. The highest BCUT2D eigenvalue weighted by molar-refractivity contribution is 7.99. The molecule has 0 radical (unpaired) electrons. The van der Waals surface area contributed by atoms with Crippen LogP contribution in [0.1, 0.15) is 17.0 Å². The Morgan fingerprint density at radius 1 is 1.00 bits per heavy atom. The van der Waals surface area contributed by atoms with Gasteiger partial charge in [-0.05, 0) is 32.9 Å². The van der Waals surface area contributed by atoms with Crippen molar-refractivity contribution >= 4 is 23.3 Å². The lowest BCUT2D eigenvalue weighted by Gasteiger charge is -2.29. The molecule has 0 bridgehead atoms. The van der Waals surface area contributed by atoms with Crippen LogP contribution in [-0.4, -0.2) is 34.6 Å². The molecule has 1 aromatic heterocycles. The van der Waals surface area contributed by atoms with E-state index in [-0.39, 0.29) is 0 Å². The number of nitrogen functional groups attached to an aromatic ring is 1. The molecule has 0 aliphatic carbocycles. The molecule has 2 aromatic rings. The summed E-state index contributed by atoms with van der Waals surface area (Å²) in [5.74, 6) is 3.92. The summed E-state index contributed by atoms with van der Waals surface area (Å²) in [7, 11) is 0. The van der Waals surface area contributed by atoms with E-state index in [0.29, 0.717) is 5.69 Å². The van der Waals surface area contributed by atoms with Gasteiger partial charge in [-0.3, -0.25) is 0 Å². The summed E-state index contributed by atoms with van der Waals surface area (Å²) in [5.41, 5.74) is 11.5. The van der Waals surface area contributed by atoms with Crippen LogP contribution in [0.25, 0.3) is 11.3 Å². The molecule has 0 unspecified atom stereocenters. The van der Waals surface area contributed by atoms with Crippen molar-refractivity contribution in [3.05, 3.63) is 35.2 Å². The largest absolute Gasteiger partial charge is 0.394 e. The lowest BCUT2D eigenvalue weighted by Crippen LogP contribution is -2.34. The van der Waals surface area contributed by atoms with Crippen LogP contribution in [0.3, 0.4) is 0 Å². The predicted octanol–water partition coefficient (Wildman–Crippen LogP) is 3.20. The molecule has 1 saturated heterocycles. The van der Waals surface area contributed by atoms with Crippen molar-refractivity contribution in [2.24, 2.45) is 0 Å². The summed E-state index contributed by atoms with van der Waals surface area (Å²) < 4.78 is 0. The average molecular weight is 314 g/mol. The van der Waals surface area contributed by atoms with Crippen molar-refractivity contribution in [3.8, 4) is 11.3 Å². The Hall–Kier alpha value is -1.75. The Morgan fingerprint density at radius 3 is 2.27 bits per heavy atom. The number of aryl methyl sites for hydroxylation is 3. The van der Waals surface area contributed by atoms with Crippen LogP contribution in [0.5, 0.6) is 0 Å². The number of benzene rings is 1. The van der Waals surface area contributed by atoms with Crippen LogP contribution >= 0.6 is 11.8 Å². The summed E-state index contributed by atoms with van der Waals surface area (Å²) in [5, 5.41) is 0. The van der Waals surface area contributed by atoms with Crippen molar-refractivity contribution in [3.63, 3.8) is 0 Å². The molecule has 5 heteroatoms. The number of thioether (sulfide) groups is 1. The van der Waals surface area contributed by atoms with Gasteiger partial charge >= 0.3 is 0 Å². The maximum Gasteiger partial charge on any atom is 0.156 e. The monoisotopic (exact) mass is 314 g/mol. The van der Waals surface area contributed by atoms with Gasteiger partial charge in [-0.1, -0.05) is 17.2 Å². The minimum absolute atomic E-state index is 0.697. The maximum atomic E-state index is 6.44. The molecule has 4 nitrogen and oxygen atoms in total. The highest BCUT2D eigenvalue weighted by Crippen LogP contribution is 2.33. The van der Waals surface area contributed by atoms with Crippen LogP contribution < -0.4 is 10.6 Å². The molecule has 22 heavy (non-hydrogen) atoms. The smallest absolute Gasteiger partial charge is 0.156 e. The second-order valence-electron chi connectivity index (χ2n) is 5.83. The minimum Gasteiger partial charge on any atom is -0.394 e. The van der Waals surface area contributed by atoms with E-state index in [9.17, 15) is 0 Å². The molecule has 0 atom stereocenters. The van der Waals surface area contributed by atoms with Crippen molar-refractivity contribution in [1.29, 1.82) is 0 Å². The molecule has 2 N–H and O–H groups in total. The van der Waals surface area contributed by atoms with Crippen molar-refractivity contribution in [2.45, 2.75) is 20.8 Å². The molecule has 0 spiro atoms. The molecular formula is C17H22N4S. The van der Waals surface area contributed by atoms with E-state index in [2.05, 4.69) is 46.9 Å². The molecule has 116 valence electrons. The third-order valence-electron chi connectivity index (χ3n) is 3.84. The zero-order valence-electron chi connectivity index (χ0n) is 13.4. The molecule has 0 saturated carbocycles. The zero-order chi connectivity index (χ0) is 15.7. The minimum atomic E-state index is 0.697. The Morgan fingerprint density at radius 2 is 1.64 bits per heavy atom. The van der Waals surface area contributed by atoms with E-state index in [0.717, 1.165) is 47.5 Å². The summed E-state index contributed by atoms with van der Waals surface area (Å²) in [4.78, 5) is 11.5. The third kappa shape index (κ3) is 3.04. The van der Waals surface area contributed by atoms with Gasteiger partial charge in [-0.25, -0.2) is 9.97 Å². The molecule has 3 rings (SSSR count). The first kappa shape index (κ1) is 15.2. The topological polar surface area (TPSA) is 55.0 Å². The van der Waals surface area contributed by atoms with Gasteiger partial charge in [0, 0.05) is 30.2 Å². The molecule has 1 fully saturated rings. The quantitative estimate of drug-likeness (QED) is 0.922. The van der Waals surface area contributed by atoms with E-state index < -0.39 is 0 Å². The van der Waals surface area contributed by atoms with Gasteiger partial charge in [0.05, 0.1) is 5.69 Å². The first-order chi connectivity index (χ1) is 10.5. The number of hydrogen-bond donors (Lipinski definition) is 1. The number of aromatic nitrogens is 2. The van der Waals surface area contributed by atoms with Crippen molar-refractivity contribution < 1.29 is 0 Å².